The molecule has 2 aromatic carbocycles. The van der Waals surface area contributed by atoms with E-state index in [-0.39, 0.29) is 30.6 Å². The summed E-state index contributed by atoms with van der Waals surface area (Å²) >= 11 is 6.15. The summed E-state index contributed by atoms with van der Waals surface area (Å²) in [5.41, 5.74) is 4.22. The first-order chi connectivity index (χ1) is 12.0. The van der Waals surface area contributed by atoms with Crippen LogP contribution in [0.1, 0.15) is 59.3 Å². The molecule has 1 aliphatic rings. The topological polar surface area (TPSA) is 46.2 Å². The third-order valence-electron chi connectivity index (χ3n) is 4.75. The summed E-state index contributed by atoms with van der Waals surface area (Å²) in [6.45, 7) is 1.89. The first-order valence-corrected chi connectivity index (χ1v) is 9.11. The zero-order valence-electron chi connectivity index (χ0n) is 14.3. The molecule has 0 heterocycles. The van der Waals surface area contributed by atoms with Gasteiger partial charge in [-0.05, 0) is 55.0 Å². The van der Waals surface area contributed by atoms with E-state index in [1.165, 1.54) is 11.1 Å². The highest BCUT2D eigenvalue weighted by molar-refractivity contribution is 6.31. The molecule has 0 bridgehead atoms. The summed E-state index contributed by atoms with van der Waals surface area (Å²) < 4.78 is 0. The molecule has 3 rings (SSSR count). The van der Waals surface area contributed by atoms with Gasteiger partial charge < -0.3 is 5.32 Å². The van der Waals surface area contributed by atoms with Crippen LogP contribution in [0, 0.1) is 0 Å². The molecule has 0 aliphatic heterocycles. The van der Waals surface area contributed by atoms with Crippen molar-refractivity contribution in [3.63, 3.8) is 0 Å². The Bertz CT molecular complexity index is 800. The molecule has 0 radical (unpaired) electrons. The van der Waals surface area contributed by atoms with E-state index in [0.29, 0.717) is 10.6 Å². The van der Waals surface area contributed by atoms with Crippen molar-refractivity contribution >= 4 is 23.3 Å². The average molecular weight is 356 g/mol. The van der Waals surface area contributed by atoms with Gasteiger partial charge in [-0.2, -0.15) is 0 Å². The van der Waals surface area contributed by atoms with Gasteiger partial charge in [0.25, 0.3) is 0 Å². The van der Waals surface area contributed by atoms with Gasteiger partial charge in [0, 0.05) is 23.4 Å². The van der Waals surface area contributed by atoms with Crippen LogP contribution in [0.5, 0.6) is 0 Å². The molecular formula is C21H22ClNO2. The summed E-state index contributed by atoms with van der Waals surface area (Å²) in [5, 5.41) is 3.54. The maximum Gasteiger partial charge on any atom is 0.220 e. The molecule has 25 heavy (non-hydrogen) atoms. The highest BCUT2D eigenvalue weighted by Gasteiger charge is 2.16. The van der Waals surface area contributed by atoms with Crippen LogP contribution in [0.15, 0.2) is 42.5 Å². The average Bonchev–Trinajstić information content (AvgIpc) is 3.07. The molecule has 0 spiro atoms. The molecule has 1 N–H and O–H groups in total. The highest BCUT2D eigenvalue weighted by atomic mass is 35.5. The molecule has 130 valence electrons. The number of halogens is 1. The van der Waals surface area contributed by atoms with E-state index < -0.39 is 0 Å². The Morgan fingerprint density at radius 2 is 1.84 bits per heavy atom. The molecule has 2 aromatic rings. The molecule has 1 aliphatic carbocycles. The Hall–Kier alpha value is -2.13. The lowest BCUT2D eigenvalue weighted by Gasteiger charge is -2.15. The smallest absolute Gasteiger partial charge is 0.220 e. The van der Waals surface area contributed by atoms with Gasteiger partial charge in [-0.3, -0.25) is 9.59 Å². The van der Waals surface area contributed by atoms with Crippen LogP contribution in [-0.4, -0.2) is 11.7 Å². The fourth-order valence-corrected chi connectivity index (χ4v) is 3.63. The van der Waals surface area contributed by atoms with Crippen LogP contribution in [0.3, 0.4) is 0 Å². The maximum absolute atomic E-state index is 12.4. The standard InChI is InChI=1S/C21H22ClNO2/c1-14(18-7-2-3-8-19(18)22)23-21(25)12-11-20(24)17-10-9-15-5-4-6-16(15)13-17/h2-3,7-10,13-14H,4-6,11-12H2,1H3,(H,23,25). The van der Waals surface area contributed by atoms with E-state index in [2.05, 4.69) is 11.4 Å². The van der Waals surface area contributed by atoms with Crippen LogP contribution in [0.25, 0.3) is 0 Å². The minimum Gasteiger partial charge on any atom is -0.350 e. The summed E-state index contributed by atoms with van der Waals surface area (Å²) in [6.07, 6.45) is 3.72. The van der Waals surface area contributed by atoms with Crippen LogP contribution >= 0.6 is 11.6 Å². The number of Topliss-reactive ketones (excluding diaryl/α,β-unsaturated/α-hetero) is 1. The second kappa shape index (κ2) is 7.83. The lowest BCUT2D eigenvalue weighted by molar-refractivity contribution is -0.121. The van der Waals surface area contributed by atoms with Gasteiger partial charge in [-0.25, -0.2) is 0 Å². The van der Waals surface area contributed by atoms with Gasteiger partial charge in [-0.1, -0.05) is 41.9 Å². The zero-order chi connectivity index (χ0) is 17.8. The van der Waals surface area contributed by atoms with E-state index in [1.807, 2.05) is 37.3 Å². The Morgan fingerprint density at radius 3 is 2.64 bits per heavy atom. The lowest BCUT2D eigenvalue weighted by Crippen LogP contribution is -2.27. The van der Waals surface area contributed by atoms with E-state index >= 15 is 0 Å². The summed E-state index contributed by atoms with van der Waals surface area (Å²) in [5.74, 6) is -0.114. The van der Waals surface area contributed by atoms with Crippen molar-refractivity contribution in [1.29, 1.82) is 0 Å². The molecule has 0 aromatic heterocycles. The molecule has 1 amide bonds. The maximum atomic E-state index is 12.4. The molecule has 1 unspecified atom stereocenters. The van der Waals surface area contributed by atoms with Gasteiger partial charge in [-0.15, -0.1) is 0 Å². The van der Waals surface area contributed by atoms with Gasteiger partial charge >= 0.3 is 0 Å². The monoisotopic (exact) mass is 355 g/mol. The van der Waals surface area contributed by atoms with Crippen molar-refractivity contribution < 1.29 is 9.59 Å². The first kappa shape index (κ1) is 17.7. The van der Waals surface area contributed by atoms with Crippen molar-refractivity contribution in [3.05, 3.63) is 69.7 Å². The number of benzene rings is 2. The minimum absolute atomic E-state index is 0.0234. The molecule has 4 heteroatoms. The molecule has 1 atom stereocenters. The summed E-state index contributed by atoms with van der Waals surface area (Å²) in [7, 11) is 0. The van der Waals surface area contributed by atoms with Crippen molar-refractivity contribution in [2.45, 2.75) is 45.1 Å². The Morgan fingerprint density at radius 1 is 1.08 bits per heavy atom. The number of carbonyl (C=O) groups excluding carboxylic acids is 2. The van der Waals surface area contributed by atoms with E-state index in [0.717, 1.165) is 24.8 Å². The molecule has 0 fully saturated rings. The van der Waals surface area contributed by atoms with E-state index in [1.54, 1.807) is 6.07 Å². The number of amides is 1. The lowest BCUT2D eigenvalue weighted by atomic mass is 10.0. The van der Waals surface area contributed by atoms with Crippen LogP contribution in [0.4, 0.5) is 0 Å². The number of hydrogen-bond donors (Lipinski definition) is 1. The van der Waals surface area contributed by atoms with Crippen LogP contribution in [0.2, 0.25) is 5.02 Å². The first-order valence-electron chi connectivity index (χ1n) is 8.73. The van der Waals surface area contributed by atoms with Crippen molar-refractivity contribution in [3.8, 4) is 0 Å². The predicted molar refractivity (Wildman–Crippen MR) is 100 cm³/mol. The van der Waals surface area contributed by atoms with Crippen LogP contribution in [-0.2, 0) is 17.6 Å². The second-order valence-corrected chi connectivity index (χ2v) is 6.98. The third-order valence-corrected chi connectivity index (χ3v) is 5.09. The van der Waals surface area contributed by atoms with Gasteiger partial charge in [0.05, 0.1) is 6.04 Å². The second-order valence-electron chi connectivity index (χ2n) is 6.57. The summed E-state index contributed by atoms with van der Waals surface area (Å²) in [6, 6.07) is 13.2. The van der Waals surface area contributed by atoms with Gasteiger partial charge in [0.15, 0.2) is 5.78 Å². The SMILES string of the molecule is CC(NC(=O)CCC(=O)c1ccc2c(c1)CCC2)c1ccccc1Cl. The van der Waals surface area contributed by atoms with Crippen molar-refractivity contribution in [2.24, 2.45) is 0 Å². The number of rotatable bonds is 6. The zero-order valence-corrected chi connectivity index (χ0v) is 15.1. The van der Waals surface area contributed by atoms with Gasteiger partial charge in [0.2, 0.25) is 5.91 Å². The molecular weight excluding hydrogens is 334 g/mol. The van der Waals surface area contributed by atoms with E-state index in [4.69, 9.17) is 11.6 Å². The van der Waals surface area contributed by atoms with Crippen molar-refractivity contribution in [2.75, 3.05) is 0 Å². The number of carbonyl (C=O) groups is 2. The number of ketones is 1. The molecule has 0 saturated carbocycles. The fraction of sp³-hybridized carbons (Fsp3) is 0.333. The Balaban J connectivity index is 1.53. The molecule has 3 nitrogen and oxygen atoms in total. The largest absolute Gasteiger partial charge is 0.350 e. The highest BCUT2D eigenvalue weighted by Crippen LogP contribution is 2.24. The number of hydrogen-bond acceptors (Lipinski definition) is 2. The predicted octanol–water partition coefficient (Wildman–Crippen LogP) is 4.67. The Labute approximate surface area is 153 Å². The Kier molecular flexibility index (Phi) is 5.54. The van der Waals surface area contributed by atoms with E-state index in [9.17, 15) is 9.59 Å². The quantitative estimate of drug-likeness (QED) is 0.765. The summed E-state index contributed by atoms with van der Waals surface area (Å²) in [4.78, 5) is 24.5. The fourth-order valence-electron chi connectivity index (χ4n) is 3.33. The third kappa shape index (κ3) is 4.29. The van der Waals surface area contributed by atoms with Crippen molar-refractivity contribution in [1.82, 2.24) is 5.32 Å². The normalized spacial score (nSPS) is 14.0. The van der Waals surface area contributed by atoms with Crippen LogP contribution < -0.4 is 5.32 Å². The molecule has 0 saturated heterocycles. The minimum atomic E-state index is -0.184. The van der Waals surface area contributed by atoms with Gasteiger partial charge in [0.1, 0.15) is 0 Å². The number of fused-ring (bicyclic) bond motifs is 1. The number of nitrogens with one attached hydrogen (secondary N) is 1. The number of aryl methyl sites for hydroxylation is 2.